The van der Waals surface area contributed by atoms with Crippen LogP contribution in [0.4, 0.5) is 0 Å². The lowest BCUT2D eigenvalue weighted by molar-refractivity contribution is -0.139. The molecule has 0 aromatic carbocycles. The molecule has 1 aliphatic rings. The lowest BCUT2D eigenvalue weighted by Crippen LogP contribution is -2.44. The molecule has 2 N–H and O–H groups in total. The average Bonchev–Trinajstić information content (AvgIpc) is 2.87. The van der Waals surface area contributed by atoms with Gasteiger partial charge in [0.05, 0.1) is 0 Å². The molecule has 0 aromatic heterocycles. The Balaban J connectivity index is 2.24. The molecule has 0 bridgehead atoms. The number of carbonyl (C=O) groups excluding carboxylic acids is 2. The van der Waals surface area contributed by atoms with Gasteiger partial charge in [-0.3, -0.25) is 9.59 Å². The predicted octanol–water partition coefficient (Wildman–Crippen LogP) is 0.180. The van der Waals surface area contributed by atoms with Crippen LogP contribution in [0.1, 0.15) is 33.1 Å². The molecule has 4 nitrogen and oxygen atoms in total. The summed E-state index contributed by atoms with van der Waals surface area (Å²) < 4.78 is 0. The lowest BCUT2D eigenvalue weighted by Gasteiger charge is -2.10. The fourth-order valence-corrected chi connectivity index (χ4v) is 0.870. The zero-order valence-electron chi connectivity index (χ0n) is 8.09. The molecule has 0 spiro atoms. The summed E-state index contributed by atoms with van der Waals surface area (Å²) in [5.74, 6) is -1.01. The number of nitrogens with one attached hydrogen (secondary N) is 2. The van der Waals surface area contributed by atoms with Crippen molar-refractivity contribution in [3.63, 3.8) is 0 Å². The van der Waals surface area contributed by atoms with Crippen molar-refractivity contribution in [3.05, 3.63) is 0 Å². The number of rotatable bonds is 3. The van der Waals surface area contributed by atoms with Crippen LogP contribution in [-0.4, -0.2) is 23.9 Å². The van der Waals surface area contributed by atoms with Gasteiger partial charge in [-0.1, -0.05) is 6.92 Å². The average molecular weight is 184 g/mol. The Kier molecular flexibility index (Phi) is 3.28. The van der Waals surface area contributed by atoms with E-state index < -0.39 is 11.8 Å². The standard InChI is InChI=1S/C9H16N2O2/c1-3-6(2)10-8(12)9(13)11-7-4-5-7/h6-7H,3-5H2,1-2H3,(H,10,12)(H,11,13)/t6-/m1/s1. The quantitative estimate of drug-likeness (QED) is 0.615. The van der Waals surface area contributed by atoms with E-state index in [0.717, 1.165) is 19.3 Å². The number of amides is 2. The maximum absolute atomic E-state index is 11.2. The molecule has 0 heterocycles. The first-order chi connectivity index (χ1) is 6.13. The van der Waals surface area contributed by atoms with Gasteiger partial charge in [0.25, 0.3) is 0 Å². The molecule has 0 unspecified atom stereocenters. The van der Waals surface area contributed by atoms with Crippen molar-refractivity contribution in [1.82, 2.24) is 10.6 Å². The first kappa shape index (κ1) is 10.0. The zero-order valence-corrected chi connectivity index (χ0v) is 8.09. The molecule has 1 atom stereocenters. The van der Waals surface area contributed by atoms with Crippen molar-refractivity contribution in [2.24, 2.45) is 0 Å². The van der Waals surface area contributed by atoms with E-state index >= 15 is 0 Å². The summed E-state index contributed by atoms with van der Waals surface area (Å²) in [6, 6.07) is 0.313. The molecule has 0 aromatic rings. The summed E-state index contributed by atoms with van der Waals surface area (Å²) in [6.07, 6.45) is 2.84. The highest BCUT2D eigenvalue weighted by Gasteiger charge is 2.26. The first-order valence-electron chi connectivity index (χ1n) is 4.74. The van der Waals surface area contributed by atoms with Gasteiger partial charge in [-0.05, 0) is 26.2 Å². The Morgan fingerprint density at radius 3 is 2.46 bits per heavy atom. The molecule has 0 radical (unpaired) electrons. The van der Waals surface area contributed by atoms with Gasteiger partial charge in [-0.15, -0.1) is 0 Å². The molecule has 1 fully saturated rings. The number of hydrogen-bond acceptors (Lipinski definition) is 2. The van der Waals surface area contributed by atoms with Crippen LogP contribution in [0.5, 0.6) is 0 Å². The molecule has 0 saturated heterocycles. The molecule has 0 aliphatic heterocycles. The highest BCUT2D eigenvalue weighted by atomic mass is 16.2. The number of carbonyl (C=O) groups is 2. The maximum Gasteiger partial charge on any atom is 0.309 e. The van der Waals surface area contributed by atoms with E-state index in [2.05, 4.69) is 10.6 Å². The van der Waals surface area contributed by atoms with Crippen molar-refractivity contribution >= 4 is 11.8 Å². The zero-order chi connectivity index (χ0) is 9.84. The monoisotopic (exact) mass is 184 g/mol. The topological polar surface area (TPSA) is 58.2 Å². The van der Waals surface area contributed by atoms with E-state index in [4.69, 9.17) is 0 Å². The van der Waals surface area contributed by atoms with Crippen molar-refractivity contribution in [1.29, 1.82) is 0 Å². The van der Waals surface area contributed by atoms with E-state index in [1.165, 1.54) is 0 Å². The van der Waals surface area contributed by atoms with Crippen molar-refractivity contribution in [2.45, 2.75) is 45.2 Å². The summed E-state index contributed by atoms with van der Waals surface area (Å²) in [6.45, 7) is 3.84. The highest BCUT2D eigenvalue weighted by Crippen LogP contribution is 2.18. The second-order valence-corrected chi connectivity index (χ2v) is 3.53. The number of hydrogen-bond donors (Lipinski definition) is 2. The molecule has 1 saturated carbocycles. The molecule has 13 heavy (non-hydrogen) atoms. The van der Waals surface area contributed by atoms with Crippen LogP contribution in [-0.2, 0) is 9.59 Å². The lowest BCUT2D eigenvalue weighted by atomic mass is 10.2. The van der Waals surface area contributed by atoms with Gasteiger partial charge in [0.15, 0.2) is 0 Å². The third-order valence-corrected chi connectivity index (χ3v) is 2.11. The van der Waals surface area contributed by atoms with Gasteiger partial charge < -0.3 is 10.6 Å². The Bertz CT molecular complexity index is 212. The molecule has 2 amide bonds. The third kappa shape index (κ3) is 3.44. The van der Waals surface area contributed by atoms with Gasteiger partial charge in [0.1, 0.15) is 0 Å². The smallest absolute Gasteiger partial charge is 0.309 e. The van der Waals surface area contributed by atoms with E-state index in [9.17, 15) is 9.59 Å². The summed E-state index contributed by atoms with van der Waals surface area (Å²) in [5.41, 5.74) is 0. The molecular weight excluding hydrogens is 168 g/mol. The van der Waals surface area contributed by atoms with Crippen LogP contribution in [0.3, 0.4) is 0 Å². The van der Waals surface area contributed by atoms with Crippen molar-refractivity contribution in [3.8, 4) is 0 Å². The summed E-state index contributed by atoms with van der Waals surface area (Å²) in [4.78, 5) is 22.3. The molecule has 74 valence electrons. The molecule has 1 aliphatic carbocycles. The predicted molar refractivity (Wildman–Crippen MR) is 49.1 cm³/mol. The first-order valence-corrected chi connectivity index (χ1v) is 4.74. The summed E-state index contributed by atoms with van der Waals surface area (Å²) in [7, 11) is 0. The second kappa shape index (κ2) is 4.25. The van der Waals surface area contributed by atoms with Gasteiger partial charge in [-0.2, -0.15) is 0 Å². The molecule has 1 rings (SSSR count). The van der Waals surface area contributed by atoms with Crippen LogP contribution in [0.15, 0.2) is 0 Å². The van der Waals surface area contributed by atoms with E-state index in [1.54, 1.807) is 0 Å². The SMILES string of the molecule is CC[C@@H](C)NC(=O)C(=O)NC1CC1. The van der Waals surface area contributed by atoms with E-state index in [1.807, 2.05) is 13.8 Å². The molecule has 4 heteroatoms. The Morgan fingerprint density at radius 2 is 2.00 bits per heavy atom. The van der Waals surface area contributed by atoms with Crippen LogP contribution < -0.4 is 10.6 Å². The highest BCUT2D eigenvalue weighted by molar-refractivity contribution is 6.35. The summed E-state index contributed by atoms with van der Waals surface area (Å²) in [5, 5.41) is 5.24. The minimum absolute atomic E-state index is 0.0671. The molecular formula is C9H16N2O2. The van der Waals surface area contributed by atoms with Crippen molar-refractivity contribution in [2.75, 3.05) is 0 Å². The van der Waals surface area contributed by atoms with Gasteiger partial charge in [0.2, 0.25) is 0 Å². The second-order valence-electron chi connectivity index (χ2n) is 3.53. The van der Waals surface area contributed by atoms with Crippen LogP contribution in [0.2, 0.25) is 0 Å². The minimum Gasteiger partial charge on any atom is -0.345 e. The fourth-order valence-electron chi connectivity index (χ4n) is 0.870. The maximum atomic E-state index is 11.2. The largest absolute Gasteiger partial charge is 0.345 e. The Hall–Kier alpha value is -1.06. The third-order valence-electron chi connectivity index (χ3n) is 2.11. The van der Waals surface area contributed by atoms with E-state index in [-0.39, 0.29) is 12.1 Å². The van der Waals surface area contributed by atoms with E-state index in [0.29, 0.717) is 0 Å². The van der Waals surface area contributed by atoms with Gasteiger partial charge >= 0.3 is 11.8 Å². The van der Waals surface area contributed by atoms with Crippen LogP contribution in [0.25, 0.3) is 0 Å². The van der Waals surface area contributed by atoms with Crippen molar-refractivity contribution < 1.29 is 9.59 Å². The normalized spacial score (nSPS) is 17.7. The minimum atomic E-state index is -0.513. The Labute approximate surface area is 78.1 Å². The fraction of sp³-hybridized carbons (Fsp3) is 0.778. The van der Waals surface area contributed by atoms with Gasteiger partial charge in [-0.25, -0.2) is 0 Å². The van der Waals surface area contributed by atoms with Gasteiger partial charge in [0, 0.05) is 12.1 Å². The summed E-state index contributed by atoms with van der Waals surface area (Å²) >= 11 is 0. The Morgan fingerprint density at radius 1 is 1.38 bits per heavy atom. The van der Waals surface area contributed by atoms with Crippen LogP contribution in [0, 0.1) is 0 Å². The van der Waals surface area contributed by atoms with Crippen LogP contribution >= 0.6 is 0 Å².